The van der Waals surface area contributed by atoms with E-state index < -0.39 is 0 Å². The third kappa shape index (κ3) is 2.61. The lowest BCUT2D eigenvalue weighted by Crippen LogP contribution is -2.32. The zero-order chi connectivity index (χ0) is 18.3. The SMILES string of the molecule is Cc1ccc2c(c1)c1c(n2C(=O)c2ccccc2)CCC(C(=O)NO)C1. The Labute approximate surface area is 151 Å². The summed E-state index contributed by atoms with van der Waals surface area (Å²) in [6, 6.07) is 15.3. The second-order valence-corrected chi connectivity index (χ2v) is 6.87. The molecule has 26 heavy (non-hydrogen) atoms. The summed E-state index contributed by atoms with van der Waals surface area (Å²) in [5, 5.41) is 9.99. The molecule has 0 saturated carbocycles. The Balaban J connectivity index is 1.90. The van der Waals surface area contributed by atoms with Gasteiger partial charge in [0.25, 0.3) is 5.91 Å². The molecule has 1 aliphatic rings. The van der Waals surface area contributed by atoms with Crippen molar-refractivity contribution in [3.05, 3.63) is 70.9 Å². The van der Waals surface area contributed by atoms with Crippen LogP contribution in [0.5, 0.6) is 0 Å². The molecule has 0 fully saturated rings. The fourth-order valence-electron chi connectivity index (χ4n) is 3.93. The molecule has 0 radical (unpaired) electrons. The van der Waals surface area contributed by atoms with Crippen molar-refractivity contribution in [1.29, 1.82) is 0 Å². The van der Waals surface area contributed by atoms with Gasteiger partial charge in [-0.2, -0.15) is 0 Å². The van der Waals surface area contributed by atoms with Crippen LogP contribution in [0.15, 0.2) is 48.5 Å². The topological polar surface area (TPSA) is 71.3 Å². The molecule has 1 amide bonds. The van der Waals surface area contributed by atoms with E-state index in [0.717, 1.165) is 27.7 Å². The number of rotatable bonds is 2. The first kappa shape index (κ1) is 16.5. The van der Waals surface area contributed by atoms with Gasteiger partial charge in [-0.25, -0.2) is 5.48 Å². The average Bonchev–Trinajstić information content (AvgIpc) is 3.00. The fourth-order valence-corrected chi connectivity index (χ4v) is 3.93. The van der Waals surface area contributed by atoms with Crippen LogP contribution in [0.25, 0.3) is 10.9 Å². The number of carbonyl (C=O) groups excluding carboxylic acids is 2. The minimum Gasteiger partial charge on any atom is -0.289 e. The summed E-state index contributed by atoms with van der Waals surface area (Å²) in [6.45, 7) is 2.02. The molecule has 5 heteroatoms. The number of amides is 1. The van der Waals surface area contributed by atoms with Crippen LogP contribution >= 0.6 is 0 Å². The highest BCUT2D eigenvalue weighted by atomic mass is 16.5. The first-order valence-electron chi connectivity index (χ1n) is 8.76. The van der Waals surface area contributed by atoms with Gasteiger partial charge in [0, 0.05) is 22.6 Å². The molecule has 4 rings (SSSR count). The monoisotopic (exact) mass is 348 g/mol. The van der Waals surface area contributed by atoms with Crippen molar-refractivity contribution in [3.63, 3.8) is 0 Å². The van der Waals surface area contributed by atoms with Gasteiger partial charge in [0.1, 0.15) is 0 Å². The van der Waals surface area contributed by atoms with Crippen LogP contribution in [0.2, 0.25) is 0 Å². The van der Waals surface area contributed by atoms with E-state index in [-0.39, 0.29) is 17.7 Å². The van der Waals surface area contributed by atoms with Gasteiger partial charge in [0.2, 0.25) is 5.91 Å². The maximum absolute atomic E-state index is 13.2. The van der Waals surface area contributed by atoms with Crippen molar-refractivity contribution < 1.29 is 14.8 Å². The van der Waals surface area contributed by atoms with Crippen LogP contribution in [0.3, 0.4) is 0 Å². The highest BCUT2D eigenvalue weighted by Crippen LogP contribution is 2.35. The number of nitrogens with zero attached hydrogens (tertiary/aromatic N) is 1. The number of hydroxylamine groups is 1. The van der Waals surface area contributed by atoms with Crippen LogP contribution < -0.4 is 5.48 Å². The smallest absolute Gasteiger partial charge is 0.262 e. The maximum atomic E-state index is 13.2. The van der Waals surface area contributed by atoms with Gasteiger partial charge >= 0.3 is 0 Å². The highest BCUT2D eigenvalue weighted by molar-refractivity contribution is 6.04. The number of hydrogen-bond acceptors (Lipinski definition) is 3. The number of hydrogen-bond donors (Lipinski definition) is 2. The molecular weight excluding hydrogens is 328 g/mol. The summed E-state index contributed by atoms with van der Waals surface area (Å²) in [6.07, 6.45) is 1.76. The lowest BCUT2D eigenvalue weighted by molar-refractivity contribution is -0.133. The van der Waals surface area contributed by atoms with Crippen molar-refractivity contribution in [2.45, 2.75) is 26.2 Å². The van der Waals surface area contributed by atoms with Gasteiger partial charge in [-0.15, -0.1) is 0 Å². The van der Waals surface area contributed by atoms with Gasteiger partial charge in [0.15, 0.2) is 0 Å². The van der Waals surface area contributed by atoms with E-state index in [9.17, 15) is 9.59 Å². The molecule has 0 spiro atoms. The summed E-state index contributed by atoms with van der Waals surface area (Å²) in [4.78, 5) is 25.1. The van der Waals surface area contributed by atoms with Crippen molar-refractivity contribution in [1.82, 2.24) is 10.0 Å². The van der Waals surface area contributed by atoms with Crippen LogP contribution in [-0.4, -0.2) is 21.6 Å². The van der Waals surface area contributed by atoms with E-state index in [4.69, 9.17) is 5.21 Å². The number of nitrogens with one attached hydrogen (secondary N) is 1. The second-order valence-electron chi connectivity index (χ2n) is 6.87. The van der Waals surface area contributed by atoms with Crippen LogP contribution in [0.4, 0.5) is 0 Å². The van der Waals surface area contributed by atoms with Crippen molar-refractivity contribution in [3.8, 4) is 0 Å². The van der Waals surface area contributed by atoms with Crippen molar-refractivity contribution >= 4 is 22.7 Å². The Morgan fingerprint density at radius 1 is 1.15 bits per heavy atom. The Morgan fingerprint density at radius 2 is 1.92 bits per heavy atom. The van der Waals surface area contributed by atoms with Gasteiger partial charge < -0.3 is 0 Å². The Morgan fingerprint density at radius 3 is 2.65 bits per heavy atom. The molecule has 0 aliphatic heterocycles. The van der Waals surface area contributed by atoms with Crippen LogP contribution in [0.1, 0.15) is 33.6 Å². The third-order valence-corrected chi connectivity index (χ3v) is 5.22. The van der Waals surface area contributed by atoms with E-state index in [2.05, 4.69) is 6.07 Å². The molecule has 1 unspecified atom stereocenters. The summed E-state index contributed by atoms with van der Waals surface area (Å²) in [5.41, 5.74) is 6.40. The normalized spacial score (nSPS) is 16.3. The van der Waals surface area contributed by atoms with E-state index >= 15 is 0 Å². The van der Waals surface area contributed by atoms with Crippen molar-refractivity contribution in [2.75, 3.05) is 0 Å². The first-order chi connectivity index (χ1) is 12.6. The summed E-state index contributed by atoms with van der Waals surface area (Å²) < 4.78 is 1.80. The summed E-state index contributed by atoms with van der Waals surface area (Å²) >= 11 is 0. The summed E-state index contributed by atoms with van der Waals surface area (Å²) in [7, 11) is 0. The molecule has 0 saturated heterocycles. The molecule has 1 atom stereocenters. The highest BCUT2D eigenvalue weighted by Gasteiger charge is 2.31. The molecule has 132 valence electrons. The minimum absolute atomic E-state index is 0.0502. The fraction of sp³-hybridized carbons (Fsp3) is 0.238. The number of fused-ring (bicyclic) bond motifs is 3. The standard InChI is InChI=1S/C21H20N2O3/c1-13-7-9-18-16(11-13)17-12-15(20(24)22-26)8-10-19(17)23(18)21(25)14-5-3-2-4-6-14/h2-7,9,11,15,26H,8,10,12H2,1H3,(H,22,24). The Bertz CT molecular complexity index is 1010. The largest absolute Gasteiger partial charge is 0.289 e. The lowest BCUT2D eigenvalue weighted by Gasteiger charge is -2.22. The molecule has 1 aliphatic carbocycles. The zero-order valence-corrected chi connectivity index (χ0v) is 14.5. The molecule has 2 N–H and O–H groups in total. The third-order valence-electron chi connectivity index (χ3n) is 5.22. The van der Waals surface area contributed by atoms with Crippen LogP contribution in [0, 0.1) is 12.8 Å². The predicted molar refractivity (Wildman–Crippen MR) is 98.3 cm³/mol. The maximum Gasteiger partial charge on any atom is 0.262 e. The number of aryl methyl sites for hydroxylation is 1. The predicted octanol–water partition coefficient (Wildman–Crippen LogP) is 3.25. The van der Waals surface area contributed by atoms with Gasteiger partial charge in [-0.3, -0.25) is 19.4 Å². The number of aromatic nitrogens is 1. The van der Waals surface area contributed by atoms with E-state index in [1.54, 1.807) is 10.0 Å². The molecule has 2 aromatic carbocycles. The first-order valence-corrected chi connectivity index (χ1v) is 8.76. The van der Waals surface area contributed by atoms with E-state index in [1.165, 1.54) is 0 Å². The minimum atomic E-state index is -0.362. The molecule has 1 aromatic heterocycles. The van der Waals surface area contributed by atoms with Crippen molar-refractivity contribution in [2.24, 2.45) is 5.92 Å². The quantitative estimate of drug-likeness (QED) is 0.552. The molecule has 5 nitrogen and oxygen atoms in total. The van der Waals surface area contributed by atoms with Gasteiger partial charge in [-0.05, 0) is 56.0 Å². The molecular formula is C21H20N2O3. The Kier molecular flexibility index (Phi) is 4.09. The average molecular weight is 348 g/mol. The second kappa shape index (κ2) is 6.42. The molecule has 0 bridgehead atoms. The lowest BCUT2D eigenvalue weighted by atomic mass is 9.85. The zero-order valence-electron chi connectivity index (χ0n) is 14.5. The molecule has 3 aromatic rings. The number of benzene rings is 2. The van der Waals surface area contributed by atoms with E-state index in [1.807, 2.05) is 49.4 Å². The summed E-state index contributed by atoms with van der Waals surface area (Å²) in [5.74, 6) is -0.691. The van der Waals surface area contributed by atoms with Gasteiger partial charge in [0.05, 0.1) is 5.52 Å². The molecule has 1 heterocycles. The van der Waals surface area contributed by atoms with E-state index in [0.29, 0.717) is 24.8 Å². The Hall–Kier alpha value is -2.92. The van der Waals surface area contributed by atoms with Gasteiger partial charge in [-0.1, -0.05) is 29.8 Å². The van der Waals surface area contributed by atoms with Crippen LogP contribution in [-0.2, 0) is 17.6 Å². The number of carbonyl (C=O) groups is 2.